The van der Waals surface area contributed by atoms with Gasteiger partial charge in [0.2, 0.25) is 0 Å². The summed E-state index contributed by atoms with van der Waals surface area (Å²) in [5.74, 6) is 1.46. The van der Waals surface area contributed by atoms with Gasteiger partial charge < -0.3 is 15.0 Å². The van der Waals surface area contributed by atoms with Crippen molar-refractivity contribution in [2.75, 3.05) is 26.7 Å². The predicted octanol–water partition coefficient (Wildman–Crippen LogP) is 2.09. The Bertz CT molecular complexity index is 795. The molecule has 1 aromatic heterocycles. The summed E-state index contributed by atoms with van der Waals surface area (Å²) in [6.45, 7) is 6.60. The van der Waals surface area contributed by atoms with Gasteiger partial charge in [0.05, 0.1) is 13.0 Å². The molecule has 0 bridgehead atoms. The number of esters is 1. The van der Waals surface area contributed by atoms with Crippen LogP contribution in [0.25, 0.3) is 5.69 Å². The predicted molar refractivity (Wildman–Crippen MR) is 118 cm³/mol. The number of carbonyl (C=O) groups excluding carboxylic acids is 1. The van der Waals surface area contributed by atoms with Crippen LogP contribution in [0.4, 0.5) is 0 Å². The highest BCUT2D eigenvalue weighted by molar-refractivity contribution is 14.0. The fraction of sp³-hybridized carbons (Fsp3) is 0.474. The maximum Gasteiger partial charge on any atom is 0.310 e. The summed E-state index contributed by atoms with van der Waals surface area (Å²) in [6, 6.07) is 9.94. The third-order valence-electron chi connectivity index (χ3n) is 4.77. The molecule has 9 heteroatoms. The Morgan fingerprint density at radius 3 is 2.75 bits per heavy atom. The third kappa shape index (κ3) is 5.00. The molecular formula is C19H27IN6O2. The molecule has 1 aliphatic heterocycles. The molecule has 8 nitrogen and oxygen atoms in total. The molecule has 2 heterocycles. The van der Waals surface area contributed by atoms with Crippen molar-refractivity contribution in [1.29, 1.82) is 0 Å². The van der Waals surface area contributed by atoms with E-state index in [2.05, 4.69) is 27.3 Å². The number of carbonyl (C=O) groups is 1. The van der Waals surface area contributed by atoms with E-state index in [0.29, 0.717) is 13.1 Å². The molecule has 152 valence electrons. The fourth-order valence-corrected chi connectivity index (χ4v) is 3.34. The summed E-state index contributed by atoms with van der Waals surface area (Å²) in [5.41, 5.74) is 0.998. The maximum atomic E-state index is 12.0. The van der Waals surface area contributed by atoms with Crippen LogP contribution in [-0.2, 0) is 16.1 Å². The minimum Gasteiger partial charge on any atom is -0.469 e. The van der Waals surface area contributed by atoms with E-state index >= 15 is 0 Å². The molecule has 0 saturated carbocycles. The summed E-state index contributed by atoms with van der Waals surface area (Å²) < 4.78 is 6.86. The number of guanidine groups is 1. The molecule has 3 rings (SSSR count). The second kappa shape index (κ2) is 10.4. The molecule has 2 aromatic rings. The molecule has 1 fully saturated rings. The largest absolute Gasteiger partial charge is 0.469 e. The summed E-state index contributed by atoms with van der Waals surface area (Å²) in [6.07, 6.45) is 1.69. The van der Waals surface area contributed by atoms with Gasteiger partial charge in [-0.2, -0.15) is 0 Å². The molecule has 1 aromatic carbocycles. The number of benzene rings is 1. The first-order valence-corrected chi connectivity index (χ1v) is 9.19. The van der Waals surface area contributed by atoms with E-state index in [1.54, 1.807) is 6.33 Å². The number of nitrogens with one attached hydrogen (secondary N) is 1. The van der Waals surface area contributed by atoms with E-state index in [0.717, 1.165) is 30.6 Å². The van der Waals surface area contributed by atoms with Crippen molar-refractivity contribution >= 4 is 35.9 Å². The van der Waals surface area contributed by atoms with E-state index in [9.17, 15) is 4.79 Å². The van der Waals surface area contributed by atoms with E-state index in [-0.39, 0.29) is 41.8 Å². The van der Waals surface area contributed by atoms with Crippen LogP contribution in [-0.4, -0.2) is 58.3 Å². The first-order valence-electron chi connectivity index (χ1n) is 9.19. The monoisotopic (exact) mass is 498 g/mol. The normalized spacial score (nSPS) is 19.2. The Hall–Kier alpha value is -2.17. The number of para-hydroxylation sites is 1. The summed E-state index contributed by atoms with van der Waals surface area (Å²) in [5, 5.41) is 11.5. The number of hydrogen-bond donors (Lipinski definition) is 1. The van der Waals surface area contributed by atoms with Gasteiger partial charge in [-0.15, -0.1) is 34.2 Å². The number of likely N-dealkylation sites (tertiary alicyclic amines) is 1. The van der Waals surface area contributed by atoms with E-state index in [1.807, 2.05) is 41.8 Å². The molecule has 0 spiro atoms. The van der Waals surface area contributed by atoms with Gasteiger partial charge in [-0.3, -0.25) is 9.36 Å². The second-order valence-corrected chi connectivity index (χ2v) is 6.63. The van der Waals surface area contributed by atoms with Crippen LogP contribution in [0.1, 0.15) is 19.7 Å². The average Bonchev–Trinajstić information content (AvgIpc) is 3.32. The zero-order valence-corrected chi connectivity index (χ0v) is 18.7. The van der Waals surface area contributed by atoms with Crippen molar-refractivity contribution in [1.82, 2.24) is 25.0 Å². The summed E-state index contributed by atoms with van der Waals surface area (Å²) in [7, 11) is 1.44. The Morgan fingerprint density at radius 2 is 2.07 bits per heavy atom. The highest BCUT2D eigenvalue weighted by atomic mass is 127. The van der Waals surface area contributed by atoms with Crippen LogP contribution in [0, 0.1) is 11.8 Å². The van der Waals surface area contributed by atoms with Gasteiger partial charge in [-0.1, -0.05) is 25.1 Å². The number of rotatable bonds is 5. The minimum absolute atomic E-state index is 0. The Morgan fingerprint density at radius 1 is 1.32 bits per heavy atom. The van der Waals surface area contributed by atoms with Crippen molar-refractivity contribution in [3.63, 3.8) is 0 Å². The first kappa shape index (κ1) is 22.1. The van der Waals surface area contributed by atoms with Gasteiger partial charge in [0.1, 0.15) is 12.9 Å². The maximum absolute atomic E-state index is 12.0. The van der Waals surface area contributed by atoms with Crippen molar-refractivity contribution < 1.29 is 9.53 Å². The Kier molecular flexibility index (Phi) is 8.21. The smallest absolute Gasteiger partial charge is 0.310 e. The molecule has 0 radical (unpaired) electrons. The number of halogens is 1. The molecule has 1 aliphatic rings. The third-order valence-corrected chi connectivity index (χ3v) is 4.77. The van der Waals surface area contributed by atoms with Crippen LogP contribution >= 0.6 is 24.0 Å². The van der Waals surface area contributed by atoms with Gasteiger partial charge in [0.25, 0.3) is 0 Å². The number of nitrogens with zero attached hydrogens (tertiary/aromatic N) is 5. The van der Waals surface area contributed by atoms with Gasteiger partial charge >= 0.3 is 5.97 Å². The molecule has 1 saturated heterocycles. The topological polar surface area (TPSA) is 84.6 Å². The number of hydrogen-bond acceptors (Lipinski definition) is 5. The lowest BCUT2D eigenvalue weighted by Gasteiger charge is -2.21. The van der Waals surface area contributed by atoms with Crippen molar-refractivity contribution in [2.24, 2.45) is 16.8 Å². The van der Waals surface area contributed by atoms with Crippen LogP contribution < -0.4 is 5.32 Å². The number of aromatic nitrogens is 3. The van der Waals surface area contributed by atoms with Crippen molar-refractivity contribution in [3.05, 3.63) is 42.5 Å². The standard InChI is InChI=1S/C19H26N6O2.HI/c1-4-20-19(24-11-14(2)16(12-24)18(26)27-3)21-10-17-23-22-13-25(17)15-8-6-5-7-9-15;/h5-9,13-14,16H,4,10-12H2,1-3H3,(H,20,21);1H. The summed E-state index contributed by atoms with van der Waals surface area (Å²) >= 11 is 0. The zero-order chi connectivity index (χ0) is 19.2. The van der Waals surface area contributed by atoms with E-state index < -0.39 is 0 Å². The van der Waals surface area contributed by atoms with Gasteiger partial charge in [-0.25, -0.2) is 4.99 Å². The number of methoxy groups -OCH3 is 1. The van der Waals surface area contributed by atoms with Gasteiger partial charge in [0.15, 0.2) is 11.8 Å². The molecule has 0 aliphatic carbocycles. The van der Waals surface area contributed by atoms with Crippen LogP contribution in [0.3, 0.4) is 0 Å². The van der Waals surface area contributed by atoms with E-state index in [4.69, 9.17) is 9.73 Å². The van der Waals surface area contributed by atoms with E-state index in [1.165, 1.54) is 7.11 Å². The SMILES string of the molecule is CCNC(=NCc1nncn1-c1ccccc1)N1CC(C)C(C(=O)OC)C1.I. The highest BCUT2D eigenvalue weighted by Crippen LogP contribution is 2.24. The van der Waals surface area contributed by atoms with Crippen LogP contribution in [0.5, 0.6) is 0 Å². The lowest BCUT2D eigenvalue weighted by Crippen LogP contribution is -2.40. The quantitative estimate of drug-likeness (QED) is 0.294. The zero-order valence-electron chi connectivity index (χ0n) is 16.4. The molecule has 28 heavy (non-hydrogen) atoms. The average molecular weight is 498 g/mol. The van der Waals surface area contributed by atoms with Gasteiger partial charge in [-0.05, 0) is 25.0 Å². The molecule has 2 unspecified atom stereocenters. The van der Waals surface area contributed by atoms with Crippen molar-refractivity contribution in [3.8, 4) is 5.69 Å². The fourth-order valence-electron chi connectivity index (χ4n) is 3.34. The minimum atomic E-state index is -0.162. The number of ether oxygens (including phenoxy) is 1. The van der Waals surface area contributed by atoms with Crippen LogP contribution in [0.2, 0.25) is 0 Å². The second-order valence-electron chi connectivity index (χ2n) is 6.63. The molecular weight excluding hydrogens is 471 g/mol. The van der Waals surface area contributed by atoms with Crippen molar-refractivity contribution in [2.45, 2.75) is 20.4 Å². The highest BCUT2D eigenvalue weighted by Gasteiger charge is 2.36. The molecule has 1 N–H and O–H groups in total. The Balaban J connectivity index is 0.00000280. The summed E-state index contributed by atoms with van der Waals surface area (Å²) in [4.78, 5) is 18.8. The number of aliphatic imine (C=N–C) groups is 1. The Labute approximate surface area is 182 Å². The molecule has 0 amide bonds. The lowest BCUT2D eigenvalue weighted by atomic mass is 9.99. The molecule has 2 atom stereocenters. The lowest BCUT2D eigenvalue weighted by molar-refractivity contribution is -0.145. The first-order chi connectivity index (χ1) is 13.1. The van der Waals surface area contributed by atoms with Gasteiger partial charge in [0, 0.05) is 25.3 Å². The van der Waals surface area contributed by atoms with Crippen LogP contribution in [0.15, 0.2) is 41.7 Å².